The third kappa shape index (κ3) is 3.26. The van der Waals surface area contributed by atoms with E-state index in [0.29, 0.717) is 12.3 Å². The number of hydrogen-bond donors (Lipinski definition) is 3. The van der Waals surface area contributed by atoms with E-state index in [0.717, 1.165) is 30.5 Å². The van der Waals surface area contributed by atoms with Crippen molar-refractivity contribution in [3.8, 4) is 5.75 Å². The first-order valence-corrected chi connectivity index (χ1v) is 7.41. The second-order valence-electron chi connectivity index (χ2n) is 5.95. The van der Waals surface area contributed by atoms with Crippen molar-refractivity contribution in [1.29, 1.82) is 0 Å². The molecule has 2 aromatic rings. The first kappa shape index (κ1) is 14.1. The summed E-state index contributed by atoms with van der Waals surface area (Å²) in [7, 11) is 0. The van der Waals surface area contributed by atoms with Gasteiger partial charge in [-0.2, -0.15) is 0 Å². The summed E-state index contributed by atoms with van der Waals surface area (Å²) in [6.45, 7) is 1.50. The standard InChI is InChI=1S/C18H21NO2/c20-16-8-4-5-14(11-16)12-19-13-18(9-10-18)17(21)15-6-2-1-3-7-15/h1-8,11,17,19-21H,9-10,12-13H2. The molecule has 0 amide bonds. The molecule has 1 unspecified atom stereocenters. The maximum Gasteiger partial charge on any atom is 0.115 e. The molecule has 0 aliphatic heterocycles. The topological polar surface area (TPSA) is 52.5 Å². The lowest BCUT2D eigenvalue weighted by Gasteiger charge is -2.23. The quantitative estimate of drug-likeness (QED) is 0.764. The number of rotatable bonds is 6. The molecule has 1 saturated carbocycles. The highest BCUT2D eigenvalue weighted by Gasteiger charge is 2.48. The Kier molecular flexibility index (Phi) is 3.95. The summed E-state index contributed by atoms with van der Waals surface area (Å²) >= 11 is 0. The van der Waals surface area contributed by atoms with Gasteiger partial charge in [0.1, 0.15) is 5.75 Å². The number of benzene rings is 2. The fourth-order valence-corrected chi connectivity index (χ4v) is 2.82. The van der Waals surface area contributed by atoms with Gasteiger partial charge in [0.15, 0.2) is 0 Å². The highest BCUT2D eigenvalue weighted by molar-refractivity contribution is 5.27. The zero-order valence-electron chi connectivity index (χ0n) is 12.0. The molecule has 2 aromatic carbocycles. The zero-order valence-corrected chi connectivity index (χ0v) is 12.0. The predicted octanol–water partition coefficient (Wildman–Crippen LogP) is 3.00. The van der Waals surface area contributed by atoms with E-state index < -0.39 is 6.10 Å². The van der Waals surface area contributed by atoms with Crippen LogP contribution >= 0.6 is 0 Å². The Bertz CT molecular complexity index is 593. The maximum absolute atomic E-state index is 10.6. The Morgan fingerprint density at radius 1 is 1.05 bits per heavy atom. The van der Waals surface area contributed by atoms with Gasteiger partial charge in [-0.25, -0.2) is 0 Å². The Morgan fingerprint density at radius 2 is 1.81 bits per heavy atom. The summed E-state index contributed by atoms with van der Waals surface area (Å²) in [4.78, 5) is 0. The van der Waals surface area contributed by atoms with Crippen molar-refractivity contribution in [3.05, 3.63) is 65.7 Å². The van der Waals surface area contributed by atoms with Gasteiger partial charge < -0.3 is 15.5 Å². The lowest BCUT2D eigenvalue weighted by molar-refractivity contribution is 0.0917. The molecule has 0 aromatic heterocycles. The van der Waals surface area contributed by atoms with E-state index >= 15 is 0 Å². The van der Waals surface area contributed by atoms with Crippen LogP contribution < -0.4 is 5.32 Å². The van der Waals surface area contributed by atoms with Crippen LogP contribution in [0.15, 0.2) is 54.6 Å². The lowest BCUT2D eigenvalue weighted by atomic mass is 9.92. The molecule has 0 radical (unpaired) electrons. The fraction of sp³-hybridized carbons (Fsp3) is 0.333. The molecule has 1 aliphatic carbocycles. The number of aromatic hydroxyl groups is 1. The van der Waals surface area contributed by atoms with Crippen LogP contribution in [0.4, 0.5) is 0 Å². The van der Waals surface area contributed by atoms with Gasteiger partial charge >= 0.3 is 0 Å². The number of phenols is 1. The number of aliphatic hydroxyl groups is 1. The van der Waals surface area contributed by atoms with E-state index in [2.05, 4.69) is 5.32 Å². The Morgan fingerprint density at radius 3 is 2.48 bits per heavy atom. The third-order valence-corrected chi connectivity index (χ3v) is 4.30. The Hall–Kier alpha value is -1.84. The van der Waals surface area contributed by atoms with E-state index in [1.165, 1.54) is 0 Å². The summed E-state index contributed by atoms with van der Waals surface area (Å²) in [6.07, 6.45) is 1.70. The van der Waals surface area contributed by atoms with Crippen LogP contribution in [0.25, 0.3) is 0 Å². The van der Waals surface area contributed by atoms with E-state index in [-0.39, 0.29) is 5.41 Å². The lowest BCUT2D eigenvalue weighted by Crippen LogP contribution is -2.28. The summed E-state index contributed by atoms with van der Waals surface area (Å²) in [5.74, 6) is 0.291. The summed E-state index contributed by atoms with van der Waals surface area (Å²) in [6, 6.07) is 17.1. The van der Waals surface area contributed by atoms with Crippen LogP contribution in [0.1, 0.15) is 30.1 Å². The van der Waals surface area contributed by atoms with Crippen molar-refractivity contribution >= 4 is 0 Å². The SMILES string of the molecule is Oc1cccc(CNCC2(C(O)c3ccccc3)CC2)c1. The average molecular weight is 283 g/mol. The summed E-state index contributed by atoms with van der Waals surface area (Å²) in [5, 5.41) is 23.4. The molecule has 0 heterocycles. The van der Waals surface area contributed by atoms with E-state index in [9.17, 15) is 10.2 Å². The Balaban J connectivity index is 1.57. The molecule has 3 heteroatoms. The summed E-state index contributed by atoms with van der Waals surface area (Å²) < 4.78 is 0. The predicted molar refractivity (Wildman–Crippen MR) is 82.9 cm³/mol. The second kappa shape index (κ2) is 5.88. The summed E-state index contributed by atoms with van der Waals surface area (Å²) in [5.41, 5.74) is 2.02. The first-order valence-electron chi connectivity index (χ1n) is 7.41. The number of aliphatic hydroxyl groups excluding tert-OH is 1. The van der Waals surface area contributed by atoms with Crippen molar-refractivity contribution in [1.82, 2.24) is 5.32 Å². The minimum Gasteiger partial charge on any atom is -0.508 e. The molecule has 0 saturated heterocycles. The average Bonchev–Trinajstić information content (AvgIpc) is 3.29. The minimum absolute atomic E-state index is 0.0296. The van der Waals surface area contributed by atoms with E-state index in [1.807, 2.05) is 42.5 Å². The maximum atomic E-state index is 10.6. The molecule has 21 heavy (non-hydrogen) atoms. The van der Waals surface area contributed by atoms with Crippen LogP contribution in [0.3, 0.4) is 0 Å². The number of phenolic OH excluding ortho intramolecular Hbond substituents is 1. The van der Waals surface area contributed by atoms with Gasteiger partial charge in [-0.05, 0) is 36.1 Å². The minimum atomic E-state index is -0.407. The van der Waals surface area contributed by atoms with Crippen LogP contribution in [0.5, 0.6) is 5.75 Å². The highest BCUT2D eigenvalue weighted by atomic mass is 16.3. The fourth-order valence-electron chi connectivity index (χ4n) is 2.82. The molecule has 1 fully saturated rings. The number of hydrogen-bond acceptors (Lipinski definition) is 3. The smallest absolute Gasteiger partial charge is 0.115 e. The van der Waals surface area contributed by atoms with Gasteiger partial charge in [-0.3, -0.25) is 0 Å². The third-order valence-electron chi connectivity index (χ3n) is 4.30. The monoisotopic (exact) mass is 283 g/mol. The van der Waals surface area contributed by atoms with Crippen LogP contribution in [-0.2, 0) is 6.54 Å². The largest absolute Gasteiger partial charge is 0.508 e. The highest BCUT2D eigenvalue weighted by Crippen LogP contribution is 2.54. The van der Waals surface area contributed by atoms with Gasteiger partial charge in [0.2, 0.25) is 0 Å². The molecule has 1 atom stereocenters. The van der Waals surface area contributed by atoms with Crippen molar-refractivity contribution in [2.45, 2.75) is 25.5 Å². The number of nitrogens with one attached hydrogen (secondary N) is 1. The molecule has 1 aliphatic rings. The van der Waals surface area contributed by atoms with Crippen LogP contribution in [-0.4, -0.2) is 16.8 Å². The van der Waals surface area contributed by atoms with Crippen molar-refractivity contribution < 1.29 is 10.2 Å². The van der Waals surface area contributed by atoms with Crippen molar-refractivity contribution in [2.75, 3.05) is 6.54 Å². The van der Waals surface area contributed by atoms with Crippen molar-refractivity contribution in [3.63, 3.8) is 0 Å². The zero-order chi connectivity index (χ0) is 14.7. The molecule has 3 nitrogen and oxygen atoms in total. The molecule has 0 spiro atoms. The van der Waals surface area contributed by atoms with Crippen LogP contribution in [0.2, 0.25) is 0 Å². The first-order chi connectivity index (χ1) is 10.2. The molecule has 110 valence electrons. The molecular formula is C18H21NO2. The second-order valence-corrected chi connectivity index (χ2v) is 5.95. The normalized spacial score (nSPS) is 17.4. The Labute approximate surface area is 125 Å². The molecule has 3 N–H and O–H groups in total. The molecule has 3 rings (SSSR count). The van der Waals surface area contributed by atoms with Gasteiger partial charge in [0, 0.05) is 18.5 Å². The van der Waals surface area contributed by atoms with Gasteiger partial charge in [0.25, 0.3) is 0 Å². The molecule has 0 bridgehead atoms. The molecular weight excluding hydrogens is 262 g/mol. The van der Waals surface area contributed by atoms with Gasteiger partial charge in [-0.15, -0.1) is 0 Å². The van der Waals surface area contributed by atoms with E-state index in [1.54, 1.807) is 12.1 Å². The van der Waals surface area contributed by atoms with Crippen LogP contribution in [0, 0.1) is 5.41 Å². The van der Waals surface area contributed by atoms with Gasteiger partial charge in [-0.1, -0.05) is 42.5 Å². The van der Waals surface area contributed by atoms with Crippen molar-refractivity contribution in [2.24, 2.45) is 5.41 Å². The van der Waals surface area contributed by atoms with E-state index in [4.69, 9.17) is 0 Å². The van der Waals surface area contributed by atoms with Gasteiger partial charge in [0.05, 0.1) is 6.10 Å².